The molecule has 0 saturated heterocycles. The van der Waals surface area contributed by atoms with Gasteiger partial charge in [-0.1, -0.05) is 12.1 Å². The second-order valence-corrected chi connectivity index (χ2v) is 6.31. The van der Waals surface area contributed by atoms with E-state index in [2.05, 4.69) is 15.6 Å². The summed E-state index contributed by atoms with van der Waals surface area (Å²) >= 11 is 0. The molecule has 1 heterocycles. The smallest absolute Gasteiger partial charge is 0.263 e. The van der Waals surface area contributed by atoms with Gasteiger partial charge in [0.05, 0.1) is 6.10 Å². The Labute approximate surface area is 157 Å². The zero-order chi connectivity index (χ0) is 19.2. The third kappa shape index (κ3) is 5.07. The lowest BCUT2D eigenvalue weighted by atomic mass is 10.1. The zero-order valence-electron chi connectivity index (χ0n) is 15.4. The largest absolute Gasteiger partial charge is 0.491 e. The van der Waals surface area contributed by atoms with Gasteiger partial charge < -0.3 is 14.8 Å². The van der Waals surface area contributed by atoms with E-state index in [0.29, 0.717) is 11.4 Å². The SMILES string of the molecule is Cc1cccc(OCC(=O)Nc2nonc2-c2ccc(OC(C)C)cc2)c1. The highest BCUT2D eigenvalue weighted by Gasteiger charge is 2.15. The maximum absolute atomic E-state index is 12.2. The number of hydrogen-bond acceptors (Lipinski definition) is 6. The van der Waals surface area contributed by atoms with Crippen LogP contribution in [-0.4, -0.2) is 28.9 Å². The molecule has 1 amide bonds. The maximum atomic E-state index is 12.2. The van der Waals surface area contributed by atoms with E-state index in [1.54, 1.807) is 6.07 Å². The number of nitrogens with zero attached hydrogens (tertiary/aromatic N) is 2. The van der Waals surface area contributed by atoms with Crippen molar-refractivity contribution < 1.29 is 18.9 Å². The molecule has 0 atom stereocenters. The molecule has 1 N–H and O–H groups in total. The number of aryl methyl sites for hydroxylation is 1. The molecule has 0 bridgehead atoms. The van der Waals surface area contributed by atoms with Gasteiger partial charge in [0.25, 0.3) is 5.91 Å². The molecule has 27 heavy (non-hydrogen) atoms. The average molecular weight is 367 g/mol. The highest BCUT2D eigenvalue weighted by Crippen LogP contribution is 2.26. The zero-order valence-corrected chi connectivity index (χ0v) is 15.4. The molecule has 0 unspecified atom stereocenters. The summed E-state index contributed by atoms with van der Waals surface area (Å²) in [5, 5.41) is 10.3. The van der Waals surface area contributed by atoms with E-state index >= 15 is 0 Å². The number of rotatable bonds is 7. The van der Waals surface area contributed by atoms with Gasteiger partial charge in [0.15, 0.2) is 12.3 Å². The molecule has 0 spiro atoms. The number of nitrogens with one attached hydrogen (secondary N) is 1. The van der Waals surface area contributed by atoms with Crippen LogP contribution < -0.4 is 14.8 Å². The van der Waals surface area contributed by atoms with Crippen molar-refractivity contribution in [1.82, 2.24) is 10.3 Å². The van der Waals surface area contributed by atoms with Gasteiger partial charge in [-0.2, -0.15) is 0 Å². The topological polar surface area (TPSA) is 86.5 Å². The van der Waals surface area contributed by atoms with Crippen molar-refractivity contribution in [3.8, 4) is 22.8 Å². The van der Waals surface area contributed by atoms with Crippen LogP contribution in [0.15, 0.2) is 53.2 Å². The molecule has 2 aromatic carbocycles. The standard InChI is InChI=1S/C20H21N3O4/c1-13(2)26-16-9-7-15(8-10-16)19-20(23-27-22-19)21-18(24)12-25-17-6-4-5-14(3)11-17/h4-11,13H,12H2,1-3H3,(H,21,23,24). The summed E-state index contributed by atoms with van der Waals surface area (Å²) in [5.41, 5.74) is 2.25. The Morgan fingerprint density at radius 3 is 2.59 bits per heavy atom. The van der Waals surface area contributed by atoms with E-state index in [1.165, 1.54) is 0 Å². The van der Waals surface area contributed by atoms with Crippen molar-refractivity contribution in [2.45, 2.75) is 26.9 Å². The molecule has 140 valence electrons. The Bertz CT molecular complexity index is 904. The number of aromatic nitrogens is 2. The summed E-state index contributed by atoms with van der Waals surface area (Å²) in [4.78, 5) is 12.2. The van der Waals surface area contributed by atoms with Crippen molar-refractivity contribution >= 4 is 11.7 Å². The number of amides is 1. The van der Waals surface area contributed by atoms with Crippen LogP contribution in [0, 0.1) is 6.92 Å². The molecular formula is C20H21N3O4. The summed E-state index contributed by atoms with van der Waals surface area (Å²) in [6, 6.07) is 14.8. The van der Waals surface area contributed by atoms with Crippen LogP contribution in [0.3, 0.4) is 0 Å². The molecular weight excluding hydrogens is 346 g/mol. The monoisotopic (exact) mass is 367 g/mol. The molecule has 0 fully saturated rings. The van der Waals surface area contributed by atoms with Gasteiger partial charge in [0, 0.05) is 5.56 Å². The summed E-state index contributed by atoms with van der Waals surface area (Å²) in [6.45, 7) is 5.73. The van der Waals surface area contributed by atoms with E-state index in [1.807, 2.05) is 63.2 Å². The first-order valence-electron chi connectivity index (χ1n) is 8.60. The molecule has 0 radical (unpaired) electrons. The lowest BCUT2D eigenvalue weighted by Gasteiger charge is -2.10. The first-order chi connectivity index (χ1) is 13.0. The molecule has 0 aliphatic rings. The fraction of sp³-hybridized carbons (Fsp3) is 0.250. The molecule has 0 aliphatic heterocycles. The van der Waals surface area contributed by atoms with Crippen LogP contribution in [0.2, 0.25) is 0 Å². The number of anilines is 1. The predicted octanol–water partition coefficient (Wildman–Crippen LogP) is 3.85. The molecule has 0 aliphatic carbocycles. The van der Waals surface area contributed by atoms with Crippen LogP contribution in [-0.2, 0) is 4.79 Å². The number of ether oxygens (including phenoxy) is 2. The molecule has 3 rings (SSSR count). The van der Waals surface area contributed by atoms with Gasteiger partial charge >= 0.3 is 0 Å². The molecule has 0 saturated carbocycles. The maximum Gasteiger partial charge on any atom is 0.263 e. The number of carbonyl (C=O) groups excluding carboxylic acids is 1. The average Bonchev–Trinajstić information content (AvgIpc) is 3.08. The van der Waals surface area contributed by atoms with E-state index in [9.17, 15) is 4.79 Å². The summed E-state index contributed by atoms with van der Waals surface area (Å²) in [7, 11) is 0. The fourth-order valence-electron chi connectivity index (χ4n) is 2.45. The molecule has 3 aromatic rings. The Kier molecular flexibility index (Phi) is 5.71. The number of carbonyl (C=O) groups is 1. The lowest BCUT2D eigenvalue weighted by molar-refractivity contribution is -0.118. The highest BCUT2D eigenvalue weighted by molar-refractivity contribution is 5.94. The van der Waals surface area contributed by atoms with Crippen LogP contribution in [0.25, 0.3) is 11.3 Å². The third-order valence-electron chi connectivity index (χ3n) is 3.61. The van der Waals surface area contributed by atoms with Gasteiger partial charge in [0.1, 0.15) is 11.5 Å². The molecule has 7 heteroatoms. The van der Waals surface area contributed by atoms with E-state index in [-0.39, 0.29) is 24.4 Å². The Hall–Kier alpha value is -3.35. The van der Waals surface area contributed by atoms with Gasteiger partial charge in [-0.15, -0.1) is 0 Å². The van der Waals surface area contributed by atoms with Gasteiger partial charge in [-0.25, -0.2) is 4.63 Å². The van der Waals surface area contributed by atoms with Crippen LogP contribution in [0.5, 0.6) is 11.5 Å². The van der Waals surface area contributed by atoms with Crippen molar-refractivity contribution in [2.24, 2.45) is 0 Å². The van der Waals surface area contributed by atoms with E-state index in [4.69, 9.17) is 14.1 Å². The quantitative estimate of drug-likeness (QED) is 0.683. The van der Waals surface area contributed by atoms with Crippen LogP contribution in [0.1, 0.15) is 19.4 Å². The first kappa shape index (κ1) is 18.4. The Morgan fingerprint density at radius 2 is 1.89 bits per heavy atom. The Morgan fingerprint density at radius 1 is 1.11 bits per heavy atom. The first-order valence-corrected chi connectivity index (χ1v) is 8.60. The fourth-order valence-corrected chi connectivity index (χ4v) is 2.45. The van der Waals surface area contributed by atoms with E-state index < -0.39 is 0 Å². The second kappa shape index (κ2) is 8.35. The summed E-state index contributed by atoms with van der Waals surface area (Å²) in [6.07, 6.45) is 0.0906. The minimum absolute atomic E-state index is 0.0906. The summed E-state index contributed by atoms with van der Waals surface area (Å²) in [5.74, 6) is 1.27. The lowest BCUT2D eigenvalue weighted by Crippen LogP contribution is -2.20. The van der Waals surface area contributed by atoms with E-state index in [0.717, 1.165) is 16.9 Å². The molecule has 7 nitrogen and oxygen atoms in total. The highest BCUT2D eigenvalue weighted by atomic mass is 16.6. The normalized spacial score (nSPS) is 10.7. The van der Waals surface area contributed by atoms with Gasteiger partial charge in [-0.05, 0) is 73.0 Å². The minimum Gasteiger partial charge on any atom is -0.491 e. The van der Waals surface area contributed by atoms with Gasteiger partial charge in [-0.3, -0.25) is 4.79 Å². The number of hydrogen-bond donors (Lipinski definition) is 1. The Balaban J connectivity index is 1.63. The van der Waals surface area contributed by atoms with Crippen LogP contribution in [0.4, 0.5) is 5.82 Å². The summed E-state index contributed by atoms with van der Waals surface area (Å²) < 4.78 is 15.9. The number of benzene rings is 2. The van der Waals surface area contributed by atoms with Gasteiger partial charge in [0.2, 0.25) is 5.82 Å². The predicted molar refractivity (Wildman–Crippen MR) is 101 cm³/mol. The third-order valence-corrected chi connectivity index (χ3v) is 3.61. The minimum atomic E-state index is -0.354. The van der Waals surface area contributed by atoms with Crippen molar-refractivity contribution in [1.29, 1.82) is 0 Å². The van der Waals surface area contributed by atoms with Crippen molar-refractivity contribution in [2.75, 3.05) is 11.9 Å². The van der Waals surface area contributed by atoms with Crippen LogP contribution >= 0.6 is 0 Å². The second-order valence-electron chi connectivity index (χ2n) is 6.31. The van der Waals surface area contributed by atoms with Crippen molar-refractivity contribution in [3.63, 3.8) is 0 Å². The molecule has 1 aromatic heterocycles. The van der Waals surface area contributed by atoms with Crippen molar-refractivity contribution in [3.05, 3.63) is 54.1 Å².